The quantitative estimate of drug-likeness (QED) is 0.678. The molecule has 5 heteroatoms. The Kier molecular flexibility index (Phi) is 5.49. The van der Waals surface area contributed by atoms with Crippen LogP contribution in [0.3, 0.4) is 0 Å². The molecule has 0 spiro atoms. The number of nitrogens with one attached hydrogen (secondary N) is 2. The number of rotatable bonds is 5. The minimum absolute atomic E-state index is 0.109. The second kappa shape index (κ2) is 8.16. The van der Waals surface area contributed by atoms with Gasteiger partial charge in [-0.1, -0.05) is 17.7 Å². The van der Waals surface area contributed by atoms with Crippen molar-refractivity contribution in [3.8, 4) is 11.5 Å². The number of aromatic nitrogens is 1. The molecule has 2 amide bonds. The van der Waals surface area contributed by atoms with Gasteiger partial charge in [0.05, 0.1) is 6.04 Å². The highest BCUT2D eigenvalue weighted by Gasteiger charge is 2.09. The highest BCUT2D eigenvalue weighted by atomic mass is 16.5. The third-order valence-electron chi connectivity index (χ3n) is 3.92. The molecule has 0 aliphatic carbocycles. The normalized spacial score (nSPS) is 11.5. The third kappa shape index (κ3) is 4.83. The average molecular weight is 347 g/mol. The van der Waals surface area contributed by atoms with Crippen LogP contribution in [0.5, 0.6) is 11.5 Å². The van der Waals surface area contributed by atoms with Gasteiger partial charge in [-0.25, -0.2) is 4.79 Å². The zero-order valence-corrected chi connectivity index (χ0v) is 14.8. The van der Waals surface area contributed by atoms with Gasteiger partial charge in [0.15, 0.2) is 0 Å². The topological polar surface area (TPSA) is 63.2 Å². The van der Waals surface area contributed by atoms with E-state index in [0.29, 0.717) is 11.4 Å². The van der Waals surface area contributed by atoms with Gasteiger partial charge in [-0.2, -0.15) is 0 Å². The lowest BCUT2D eigenvalue weighted by Crippen LogP contribution is -2.31. The Morgan fingerprint density at radius 3 is 2.12 bits per heavy atom. The largest absolute Gasteiger partial charge is 0.457 e. The van der Waals surface area contributed by atoms with E-state index in [0.717, 1.165) is 11.3 Å². The molecule has 2 N–H and O–H groups in total. The highest BCUT2D eigenvalue weighted by molar-refractivity contribution is 5.89. The van der Waals surface area contributed by atoms with Crippen molar-refractivity contribution in [2.75, 3.05) is 5.32 Å². The van der Waals surface area contributed by atoms with Crippen LogP contribution in [0.15, 0.2) is 73.1 Å². The van der Waals surface area contributed by atoms with Crippen LogP contribution in [0.4, 0.5) is 10.5 Å². The van der Waals surface area contributed by atoms with Crippen molar-refractivity contribution in [2.45, 2.75) is 19.9 Å². The van der Waals surface area contributed by atoms with Gasteiger partial charge in [-0.15, -0.1) is 0 Å². The molecule has 0 bridgehead atoms. The molecule has 0 saturated carbocycles. The van der Waals surface area contributed by atoms with E-state index in [2.05, 4.69) is 15.6 Å². The second-order valence-electron chi connectivity index (χ2n) is 6.04. The van der Waals surface area contributed by atoms with Gasteiger partial charge < -0.3 is 15.4 Å². The van der Waals surface area contributed by atoms with E-state index < -0.39 is 0 Å². The molecule has 0 aliphatic heterocycles. The lowest BCUT2D eigenvalue weighted by atomic mass is 10.1. The molecular weight excluding hydrogens is 326 g/mol. The van der Waals surface area contributed by atoms with Crippen LogP contribution in [0.2, 0.25) is 0 Å². The minimum atomic E-state index is -0.262. The summed E-state index contributed by atoms with van der Waals surface area (Å²) >= 11 is 0. The van der Waals surface area contributed by atoms with Gasteiger partial charge in [0.2, 0.25) is 0 Å². The van der Waals surface area contributed by atoms with E-state index in [9.17, 15) is 4.79 Å². The van der Waals surface area contributed by atoms with Crippen molar-refractivity contribution < 1.29 is 9.53 Å². The summed E-state index contributed by atoms with van der Waals surface area (Å²) in [6.07, 6.45) is 3.41. The lowest BCUT2D eigenvalue weighted by Gasteiger charge is -2.15. The van der Waals surface area contributed by atoms with Crippen LogP contribution in [-0.4, -0.2) is 11.0 Å². The first-order chi connectivity index (χ1) is 12.6. The fraction of sp³-hybridized carbons (Fsp3) is 0.143. The molecule has 0 fully saturated rings. The maximum absolute atomic E-state index is 12.1. The fourth-order valence-electron chi connectivity index (χ4n) is 2.45. The smallest absolute Gasteiger partial charge is 0.319 e. The Bertz CT molecular complexity index is 847. The number of carbonyl (C=O) groups is 1. The van der Waals surface area contributed by atoms with E-state index in [-0.39, 0.29) is 12.1 Å². The maximum atomic E-state index is 12.1. The molecule has 5 nitrogen and oxygen atoms in total. The molecule has 132 valence electrons. The summed E-state index contributed by atoms with van der Waals surface area (Å²) in [6.45, 7) is 3.96. The Hall–Kier alpha value is -3.34. The average Bonchev–Trinajstić information content (AvgIpc) is 2.66. The molecule has 2 aromatic carbocycles. The standard InChI is InChI=1S/C21H21N3O2/c1-15-3-7-19(8-4-15)26-20-9-5-18(6-10-20)24-21(25)23-16(2)17-11-13-22-14-12-17/h3-14,16H,1-2H3,(H2,23,24,25). The van der Waals surface area contributed by atoms with Gasteiger partial charge in [0, 0.05) is 18.1 Å². The Balaban J connectivity index is 1.55. The number of urea groups is 1. The molecule has 1 heterocycles. The third-order valence-corrected chi connectivity index (χ3v) is 3.92. The predicted molar refractivity (Wildman–Crippen MR) is 103 cm³/mol. The zero-order chi connectivity index (χ0) is 18.4. The first-order valence-electron chi connectivity index (χ1n) is 8.42. The van der Waals surface area contributed by atoms with Gasteiger partial charge in [0.25, 0.3) is 0 Å². The molecule has 1 unspecified atom stereocenters. The second-order valence-corrected chi connectivity index (χ2v) is 6.04. The van der Waals surface area contributed by atoms with E-state index in [1.54, 1.807) is 24.5 Å². The molecule has 1 aromatic heterocycles. The number of hydrogen-bond donors (Lipinski definition) is 2. The first-order valence-corrected chi connectivity index (χ1v) is 8.42. The number of amides is 2. The number of aryl methyl sites for hydroxylation is 1. The summed E-state index contributed by atoms with van der Waals surface area (Å²) in [5.41, 5.74) is 2.88. The summed E-state index contributed by atoms with van der Waals surface area (Å²) in [6, 6.07) is 18.5. The molecule has 3 rings (SSSR count). The molecule has 0 aliphatic rings. The summed E-state index contributed by atoms with van der Waals surface area (Å²) in [7, 11) is 0. The van der Waals surface area contributed by atoms with Crippen molar-refractivity contribution in [3.05, 3.63) is 84.2 Å². The molecule has 1 atom stereocenters. The Morgan fingerprint density at radius 1 is 0.923 bits per heavy atom. The molecule has 0 saturated heterocycles. The van der Waals surface area contributed by atoms with Crippen LogP contribution < -0.4 is 15.4 Å². The summed E-state index contributed by atoms with van der Waals surface area (Å²) in [5, 5.41) is 5.72. The van der Waals surface area contributed by atoms with Gasteiger partial charge in [-0.05, 0) is 67.9 Å². The lowest BCUT2D eigenvalue weighted by molar-refractivity contribution is 0.249. The molecule has 26 heavy (non-hydrogen) atoms. The van der Waals surface area contributed by atoms with Crippen LogP contribution >= 0.6 is 0 Å². The van der Waals surface area contributed by atoms with Gasteiger partial charge >= 0.3 is 6.03 Å². The summed E-state index contributed by atoms with van der Waals surface area (Å²) < 4.78 is 5.78. The summed E-state index contributed by atoms with van der Waals surface area (Å²) in [5.74, 6) is 1.49. The SMILES string of the molecule is Cc1ccc(Oc2ccc(NC(=O)NC(C)c3ccncc3)cc2)cc1. The molecule has 0 radical (unpaired) electrons. The van der Waals surface area contributed by atoms with Crippen molar-refractivity contribution in [3.63, 3.8) is 0 Å². The molecule has 3 aromatic rings. The monoisotopic (exact) mass is 347 g/mol. The predicted octanol–water partition coefficient (Wildman–Crippen LogP) is 5.07. The van der Waals surface area contributed by atoms with Crippen molar-refractivity contribution in [2.24, 2.45) is 0 Å². The molecular formula is C21H21N3O2. The zero-order valence-electron chi connectivity index (χ0n) is 14.8. The maximum Gasteiger partial charge on any atom is 0.319 e. The number of pyridine rings is 1. The highest BCUT2D eigenvalue weighted by Crippen LogP contribution is 2.23. The number of hydrogen-bond acceptors (Lipinski definition) is 3. The van der Waals surface area contributed by atoms with Crippen molar-refractivity contribution >= 4 is 11.7 Å². The van der Waals surface area contributed by atoms with Crippen LogP contribution in [-0.2, 0) is 0 Å². The Morgan fingerprint density at radius 2 is 1.50 bits per heavy atom. The summed E-state index contributed by atoms with van der Waals surface area (Å²) in [4.78, 5) is 16.1. The van der Waals surface area contributed by atoms with Gasteiger partial charge in [0.1, 0.15) is 11.5 Å². The number of nitrogens with zero attached hydrogens (tertiary/aromatic N) is 1. The van der Waals surface area contributed by atoms with E-state index >= 15 is 0 Å². The number of anilines is 1. The van der Waals surface area contributed by atoms with Crippen LogP contribution in [0.25, 0.3) is 0 Å². The number of benzene rings is 2. The van der Waals surface area contributed by atoms with Crippen LogP contribution in [0.1, 0.15) is 24.1 Å². The number of carbonyl (C=O) groups excluding carboxylic acids is 1. The Labute approximate surface area is 153 Å². The van der Waals surface area contributed by atoms with E-state index in [1.807, 2.05) is 62.4 Å². The minimum Gasteiger partial charge on any atom is -0.457 e. The van der Waals surface area contributed by atoms with Crippen LogP contribution in [0, 0.1) is 6.92 Å². The van der Waals surface area contributed by atoms with Crippen molar-refractivity contribution in [1.82, 2.24) is 10.3 Å². The van der Waals surface area contributed by atoms with Gasteiger partial charge in [-0.3, -0.25) is 4.98 Å². The van der Waals surface area contributed by atoms with E-state index in [4.69, 9.17) is 4.74 Å². The fourth-order valence-corrected chi connectivity index (χ4v) is 2.45. The van der Waals surface area contributed by atoms with E-state index in [1.165, 1.54) is 5.56 Å². The first kappa shape index (κ1) is 17.5. The number of ether oxygens (including phenoxy) is 1. The van der Waals surface area contributed by atoms with Crippen molar-refractivity contribution in [1.29, 1.82) is 0 Å².